The van der Waals surface area contributed by atoms with Crippen LogP contribution in [0.1, 0.15) is 29.2 Å². The summed E-state index contributed by atoms with van der Waals surface area (Å²) in [4.78, 5) is 31.7. The van der Waals surface area contributed by atoms with Crippen LogP contribution < -0.4 is 10.1 Å². The first-order valence-corrected chi connectivity index (χ1v) is 10.6. The number of aromatic amines is 1. The molecule has 0 bridgehead atoms. The molecule has 168 valence electrons. The minimum Gasteiger partial charge on any atom is -0.497 e. The van der Waals surface area contributed by atoms with E-state index in [1.54, 1.807) is 31.5 Å². The molecule has 0 aliphatic rings. The van der Waals surface area contributed by atoms with E-state index in [4.69, 9.17) is 4.74 Å². The van der Waals surface area contributed by atoms with Gasteiger partial charge in [0.05, 0.1) is 12.0 Å². The molecule has 33 heavy (non-hydrogen) atoms. The van der Waals surface area contributed by atoms with Crippen molar-refractivity contribution in [1.29, 1.82) is 0 Å². The lowest BCUT2D eigenvalue weighted by molar-refractivity contribution is -0.385. The normalized spacial score (nSPS) is 11.8. The highest BCUT2D eigenvalue weighted by molar-refractivity contribution is 5.87. The number of nitro benzene ring substituents is 1. The second kappa shape index (κ2) is 9.95. The van der Waals surface area contributed by atoms with Crippen molar-refractivity contribution in [3.63, 3.8) is 0 Å². The number of amides is 1. The van der Waals surface area contributed by atoms with Gasteiger partial charge in [-0.1, -0.05) is 24.3 Å². The van der Waals surface area contributed by atoms with Crippen LogP contribution in [0.5, 0.6) is 5.75 Å². The number of nitrogens with zero attached hydrogens (tertiary/aromatic N) is 2. The molecule has 4 rings (SSSR count). The van der Waals surface area contributed by atoms with Gasteiger partial charge < -0.3 is 15.0 Å². The van der Waals surface area contributed by atoms with Crippen LogP contribution in [-0.4, -0.2) is 34.5 Å². The fraction of sp³-hybridized carbons (Fsp3) is 0.200. The highest BCUT2D eigenvalue weighted by atomic mass is 16.6. The van der Waals surface area contributed by atoms with Gasteiger partial charge in [-0.15, -0.1) is 0 Å². The molecular formula is C25H24N4O4. The number of hydrogen-bond donors (Lipinski definition) is 2. The standard InChI is InChI=1S/C25H24N4O4/c1-33-18-9-10-23-21(14-18)22(16-28-23)20(19-7-2-3-8-24(19)29(31)32)15-25(30)27-13-11-17-6-4-5-12-26-17/h2-10,12,14,16,20,28H,11,13,15H2,1H3,(H,27,30)/t20-/m0/s1. The summed E-state index contributed by atoms with van der Waals surface area (Å²) in [6.45, 7) is 0.432. The Kier molecular flexibility index (Phi) is 6.64. The van der Waals surface area contributed by atoms with Gasteiger partial charge in [0.15, 0.2) is 0 Å². The minimum atomic E-state index is -0.512. The molecule has 4 aromatic rings. The SMILES string of the molecule is COc1ccc2[nH]cc([C@@H](CC(=O)NCCc3ccccn3)c3ccccc3[N+](=O)[O-])c2c1. The number of methoxy groups -OCH3 is 1. The van der Waals surface area contributed by atoms with Gasteiger partial charge in [0.2, 0.25) is 5.91 Å². The Morgan fingerprint density at radius 2 is 1.97 bits per heavy atom. The molecular weight excluding hydrogens is 420 g/mol. The van der Waals surface area contributed by atoms with Gasteiger partial charge in [0.25, 0.3) is 5.69 Å². The number of ether oxygens (including phenoxy) is 1. The summed E-state index contributed by atoms with van der Waals surface area (Å²) in [5, 5.41) is 15.5. The molecule has 0 aliphatic heterocycles. The van der Waals surface area contributed by atoms with Crippen LogP contribution in [0.2, 0.25) is 0 Å². The van der Waals surface area contributed by atoms with Crippen LogP contribution in [0.15, 0.2) is 73.1 Å². The third-order valence-electron chi connectivity index (χ3n) is 5.62. The zero-order valence-corrected chi connectivity index (χ0v) is 18.2. The molecule has 0 radical (unpaired) electrons. The van der Waals surface area contributed by atoms with Crippen molar-refractivity contribution in [3.8, 4) is 5.75 Å². The van der Waals surface area contributed by atoms with E-state index in [1.807, 2.05) is 42.6 Å². The lowest BCUT2D eigenvalue weighted by Gasteiger charge is -2.17. The fourth-order valence-electron chi connectivity index (χ4n) is 4.01. The van der Waals surface area contributed by atoms with E-state index in [0.717, 1.165) is 22.2 Å². The number of aromatic nitrogens is 2. The second-order valence-corrected chi connectivity index (χ2v) is 7.65. The molecule has 8 nitrogen and oxygen atoms in total. The molecule has 0 saturated carbocycles. The molecule has 2 aromatic carbocycles. The third-order valence-corrected chi connectivity index (χ3v) is 5.62. The van der Waals surface area contributed by atoms with E-state index in [-0.39, 0.29) is 18.0 Å². The average molecular weight is 444 g/mol. The Hall–Kier alpha value is -4.20. The van der Waals surface area contributed by atoms with Crippen molar-refractivity contribution >= 4 is 22.5 Å². The van der Waals surface area contributed by atoms with Gasteiger partial charge in [0.1, 0.15) is 5.75 Å². The number of H-pyrrole nitrogens is 1. The average Bonchev–Trinajstić information content (AvgIpc) is 3.26. The van der Waals surface area contributed by atoms with E-state index >= 15 is 0 Å². The van der Waals surface area contributed by atoms with Gasteiger partial charge in [-0.05, 0) is 35.9 Å². The van der Waals surface area contributed by atoms with E-state index < -0.39 is 10.8 Å². The van der Waals surface area contributed by atoms with Crippen LogP contribution in [0.25, 0.3) is 10.9 Å². The number of nitro groups is 1. The van der Waals surface area contributed by atoms with Crippen LogP contribution in [0, 0.1) is 10.1 Å². The minimum absolute atomic E-state index is 0.0129. The Morgan fingerprint density at radius 3 is 2.73 bits per heavy atom. The summed E-state index contributed by atoms with van der Waals surface area (Å²) in [7, 11) is 1.59. The van der Waals surface area contributed by atoms with Gasteiger partial charge >= 0.3 is 0 Å². The molecule has 8 heteroatoms. The Balaban J connectivity index is 1.64. The molecule has 0 unspecified atom stereocenters. The number of benzene rings is 2. The Labute approximate surface area is 190 Å². The number of hydrogen-bond acceptors (Lipinski definition) is 5. The number of para-hydroxylation sites is 1. The summed E-state index contributed by atoms with van der Waals surface area (Å²) in [6.07, 6.45) is 4.20. The van der Waals surface area contributed by atoms with Gasteiger partial charge in [-0.2, -0.15) is 0 Å². The lowest BCUT2D eigenvalue weighted by Crippen LogP contribution is -2.27. The van der Waals surface area contributed by atoms with Gasteiger partial charge in [-0.25, -0.2) is 0 Å². The predicted octanol–water partition coefficient (Wildman–Crippen LogP) is 4.36. The molecule has 0 aliphatic carbocycles. The highest BCUT2D eigenvalue weighted by Gasteiger charge is 2.27. The number of nitrogens with one attached hydrogen (secondary N) is 2. The van der Waals surface area contributed by atoms with Crippen LogP contribution in [0.3, 0.4) is 0 Å². The number of carbonyl (C=O) groups excluding carboxylic acids is 1. The first-order chi connectivity index (χ1) is 16.1. The van der Waals surface area contributed by atoms with Gasteiger partial charge in [0, 0.05) is 65.9 Å². The van der Waals surface area contributed by atoms with E-state index in [1.165, 1.54) is 6.07 Å². The van der Waals surface area contributed by atoms with E-state index in [9.17, 15) is 14.9 Å². The highest BCUT2D eigenvalue weighted by Crippen LogP contribution is 2.38. The third kappa shape index (κ3) is 5.01. The summed E-state index contributed by atoms with van der Waals surface area (Å²) in [5.41, 5.74) is 3.03. The molecule has 2 aromatic heterocycles. The largest absolute Gasteiger partial charge is 0.497 e. The fourth-order valence-corrected chi connectivity index (χ4v) is 4.01. The number of pyridine rings is 1. The monoisotopic (exact) mass is 444 g/mol. The summed E-state index contributed by atoms with van der Waals surface area (Å²) in [5.74, 6) is -0.0295. The van der Waals surface area contributed by atoms with Crippen molar-refractivity contribution in [3.05, 3.63) is 100.0 Å². The van der Waals surface area contributed by atoms with Crippen LogP contribution in [0.4, 0.5) is 5.69 Å². The first kappa shape index (κ1) is 22.0. The Morgan fingerprint density at radius 1 is 1.15 bits per heavy atom. The maximum Gasteiger partial charge on any atom is 0.273 e. The smallest absolute Gasteiger partial charge is 0.273 e. The molecule has 2 heterocycles. The van der Waals surface area contributed by atoms with Crippen molar-refractivity contribution in [1.82, 2.24) is 15.3 Å². The van der Waals surface area contributed by atoms with Crippen LogP contribution in [-0.2, 0) is 11.2 Å². The molecule has 1 amide bonds. The van der Waals surface area contributed by atoms with Crippen molar-refractivity contribution in [2.24, 2.45) is 0 Å². The van der Waals surface area contributed by atoms with E-state index in [2.05, 4.69) is 15.3 Å². The molecule has 1 atom stereocenters. The van der Waals surface area contributed by atoms with Gasteiger partial charge in [-0.3, -0.25) is 19.9 Å². The predicted molar refractivity (Wildman–Crippen MR) is 125 cm³/mol. The zero-order valence-electron chi connectivity index (χ0n) is 18.2. The Bertz CT molecular complexity index is 1270. The van der Waals surface area contributed by atoms with E-state index in [0.29, 0.717) is 24.3 Å². The number of fused-ring (bicyclic) bond motifs is 1. The van der Waals surface area contributed by atoms with Crippen LogP contribution >= 0.6 is 0 Å². The zero-order chi connectivity index (χ0) is 23.2. The lowest BCUT2D eigenvalue weighted by atomic mass is 9.87. The van der Waals surface area contributed by atoms with Crippen molar-refractivity contribution in [2.75, 3.05) is 13.7 Å². The topological polar surface area (TPSA) is 110 Å². The molecule has 0 saturated heterocycles. The summed E-state index contributed by atoms with van der Waals surface area (Å²) in [6, 6.07) is 17.8. The van der Waals surface area contributed by atoms with Crippen molar-refractivity contribution in [2.45, 2.75) is 18.8 Å². The summed E-state index contributed by atoms with van der Waals surface area (Å²) < 4.78 is 5.36. The molecule has 2 N–H and O–H groups in total. The summed E-state index contributed by atoms with van der Waals surface area (Å²) >= 11 is 0. The maximum absolute atomic E-state index is 12.9. The molecule has 0 fully saturated rings. The number of carbonyl (C=O) groups is 1. The first-order valence-electron chi connectivity index (χ1n) is 10.6. The maximum atomic E-state index is 12.9. The van der Waals surface area contributed by atoms with Crippen molar-refractivity contribution < 1.29 is 14.5 Å². The number of rotatable bonds is 9. The molecule has 0 spiro atoms. The second-order valence-electron chi connectivity index (χ2n) is 7.65. The quantitative estimate of drug-likeness (QED) is 0.294.